The predicted molar refractivity (Wildman–Crippen MR) is 94.4 cm³/mol. The van der Waals surface area contributed by atoms with Gasteiger partial charge in [-0.25, -0.2) is 0 Å². The van der Waals surface area contributed by atoms with Crippen LogP contribution in [0.1, 0.15) is 78.6 Å². The van der Waals surface area contributed by atoms with Gasteiger partial charge in [0.1, 0.15) is 0 Å². The number of hydrogen-bond donors (Lipinski definition) is 3. The normalized spacial score (nSPS) is 58.5. The number of rotatable bonds is 1. The minimum Gasteiger partial charge on any atom is -0.393 e. The highest BCUT2D eigenvalue weighted by molar-refractivity contribution is 5.15. The largest absolute Gasteiger partial charge is 0.393 e. The van der Waals surface area contributed by atoms with Gasteiger partial charge in [-0.1, -0.05) is 13.8 Å². The van der Waals surface area contributed by atoms with Gasteiger partial charge in [-0.15, -0.1) is 0 Å². The summed E-state index contributed by atoms with van der Waals surface area (Å²) < 4.78 is 0. The Hall–Kier alpha value is -0.120. The van der Waals surface area contributed by atoms with Crippen molar-refractivity contribution in [3.8, 4) is 0 Å². The molecule has 4 aliphatic rings. The standard InChI is InChI=1S/C21H36O3/c1-13(22)21(24)11-8-18-16-5-4-14-12-15(23)6-9-19(14,2)17(16)7-10-20(18,21)3/h13-18,22-24H,4-12H2,1-3H3/t13-,14?,15-,16+,17-,18-,19-,20-,21-/m0/s1. The van der Waals surface area contributed by atoms with Crippen LogP contribution in [0, 0.1) is 34.5 Å². The molecule has 4 saturated carbocycles. The first-order valence-corrected chi connectivity index (χ1v) is 10.3. The zero-order chi connectivity index (χ0) is 17.3. The molecular weight excluding hydrogens is 300 g/mol. The summed E-state index contributed by atoms with van der Waals surface area (Å²) in [6, 6.07) is 0. The summed E-state index contributed by atoms with van der Waals surface area (Å²) in [6.45, 7) is 6.53. The Morgan fingerprint density at radius 1 is 0.917 bits per heavy atom. The van der Waals surface area contributed by atoms with E-state index in [1.807, 2.05) is 0 Å². The van der Waals surface area contributed by atoms with Gasteiger partial charge in [0.15, 0.2) is 0 Å². The van der Waals surface area contributed by atoms with Gasteiger partial charge in [-0.3, -0.25) is 0 Å². The van der Waals surface area contributed by atoms with E-state index in [4.69, 9.17) is 0 Å². The molecule has 0 bridgehead atoms. The number of hydrogen-bond acceptors (Lipinski definition) is 3. The first-order valence-electron chi connectivity index (χ1n) is 10.3. The lowest BCUT2D eigenvalue weighted by molar-refractivity contribution is -0.186. The summed E-state index contributed by atoms with van der Waals surface area (Å²) in [6.07, 6.45) is 8.99. The summed E-state index contributed by atoms with van der Waals surface area (Å²) in [5, 5.41) is 31.7. The van der Waals surface area contributed by atoms with Gasteiger partial charge < -0.3 is 15.3 Å². The second kappa shape index (κ2) is 5.44. The minimum absolute atomic E-state index is 0.0831. The molecule has 0 aromatic heterocycles. The van der Waals surface area contributed by atoms with Crippen molar-refractivity contribution in [2.24, 2.45) is 34.5 Å². The van der Waals surface area contributed by atoms with E-state index in [1.165, 1.54) is 25.7 Å². The highest BCUT2D eigenvalue weighted by atomic mass is 16.3. The van der Waals surface area contributed by atoms with Crippen LogP contribution in [0.3, 0.4) is 0 Å². The molecule has 138 valence electrons. The van der Waals surface area contributed by atoms with E-state index in [9.17, 15) is 15.3 Å². The van der Waals surface area contributed by atoms with Crippen molar-refractivity contribution in [3.63, 3.8) is 0 Å². The monoisotopic (exact) mass is 336 g/mol. The lowest BCUT2D eigenvalue weighted by Gasteiger charge is -2.61. The summed E-state index contributed by atoms with van der Waals surface area (Å²) >= 11 is 0. The molecule has 0 spiro atoms. The van der Waals surface area contributed by atoms with Gasteiger partial charge in [0.2, 0.25) is 0 Å². The van der Waals surface area contributed by atoms with Gasteiger partial charge in [-0.2, -0.15) is 0 Å². The fourth-order valence-corrected chi connectivity index (χ4v) is 7.97. The van der Waals surface area contributed by atoms with Crippen molar-refractivity contribution >= 4 is 0 Å². The zero-order valence-corrected chi connectivity index (χ0v) is 15.7. The average molecular weight is 337 g/mol. The Bertz CT molecular complexity index is 505. The van der Waals surface area contributed by atoms with E-state index >= 15 is 0 Å². The van der Waals surface area contributed by atoms with Crippen molar-refractivity contribution < 1.29 is 15.3 Å². The molecule has 0 radical (unpaired) electrons. The van der Waals surface area contributed by atoms with Crippen molar-refractivity contribution in [2.75, 3.05) is 0 Å². The third-order valence-corrected chi connectivity index (χ3v) is 9.54. The summed E-state index contributed by atoms with van der Waals surface area (Å²) in [5.41, 5.74) is -0.641. The maximum Gasteiger partial charge on any atom is 0.0958 e. The molecule has 3 N–H and O–H groups in total. The molecule has 3 nitrogen and oxygen atoms in total. The van der Waals surface area contributed by atoms with Gasteiger partial charge in [0.25, 0.3) is 0 Å². The predicted octanol–water partition coefficient (Wildman–Crippen LogP) is 3.50. The SMILES string of the molecule is C[C@H](O)[C@@]1(O)CC[C@H]2[C@@H]3CCC4C[C@@H](O)CC[C@]4(C)[C@H]3CC[C@@]21C. The Labute approximate surface area is 146 Å². The quantitative estimate of drug-likeness (QED) is 0.687. The third-order valence-electron chi connectivity index (χ3n) is 9.54. The Kier molecular flexibility index (Phi) is 3.92. The molecule has 0 aliphatic heterocycles. The van der Waals surface area contributed by atoms with Crippen LogP contribution in [0.4, 0.5) is 0 Å². The number of aliphatic hydroxyl groups is 3. The molecule has 4 fully saturated rings. The van der Waals surface area contributed by atoms with Crippen LogP contribution in [0.2, 0.25) is 0 Å². The van der Waals surface area contributed by atoms with Crippen LogP contribution in [0.15, 0.2) is 0 Å². The first-order chi connectivity index (χ1) is 11.2. The first kappa shape index (κ1) is 17.3. The smallest absolute Gasteiger partial charge is 0.0958 e. The van der Waals surface area contributed by atoms with Gasteiger partial charge in [0, 0.05) is 5.41 Å². The molecule has 0 amide bonds. The van der Waals surface area contributed by atoms with E-state index in [0.29, 0.717) is 23.2 Å². The fraction of sp³-hybridized carbons (Fsp3) is 1.00. The minimum atomic E-state index is -0.900. The molecule has 24 heavy (non-hydrogen) atoms. The second-order valence-corrected chi connectivity index (χ2v) is 10.2. The Morgan fingerprint density at radius 2 is 1.62 bits per heavy atom. The van der Waals surface area contributed by atoms with Gasteiger partial charge >= 0.3 is 0 Å². The third kappa shape index (κ3) is 2.07. The molecule has 4 rings (SSSR count). The lowest BCUT2D eigenvalue weighted by Crippen LogP contribution is -2.59. The second-order valence-electron chi connectivity index (χ2n) is 10.2. The molecule has 1 unspecified atom stereocenters. The molecule has 9 atom stereocenters. The van der Waals surface area contributed by atoms with Crippen LogP contribution in [-0.2, 0) is 0 Å². The maximum absolute atomic E-state index is 11.3. The lowest BCUT2D eigenvalue weighted by atomic mass is 9.44. The Balaban J connectivity index is 1.63. The average Bonchev–Trinajstić information content (AvgIpc) is 2.81. The fourth-order valence-electron chi connectivity index (χ4n) is 7.97. The van der Waals surface area contributed by atoms with E-state index < -0.39 is 11.7 Å². The van der Waals surface area contributed by atoms with Crippen molar-refractivity contribution in [3.05, 3.63) is 0 Å². The van der Waals surface area contributed by atoms with E-state index in [0.717, 1.165) is 38.0 Å². The number of aliphatic hydroxyl groups excluding tert-OH is 2. The van der Waals surface area contributed by atoms with E-state index in [2.05, 4.69) is 13.8 Å². The molecule has 3 heteroatoms. The summed E-state index contributed by atoms with van der Waals surface area (Å²) in [7, 11) is 0. The molecule has 4 aliphatic carbocycles. The van der Waals surface area contributed by atoms with E-state index in [1.54, 1.807) is 6.92 Å². The highest BCUT2D eigenvalue weighted by Crippen LogP contribution is 2.68. The zero-order valence-electron chi connectivity index (χ0n) is 15.7. The van der Waals surface area contributed by atoms with Crippen LogP contribution >= 0.6 is 0 Å². The Morgan fingerprint density at radius 3 is 2.33 bits per heavy atom. The van der Waals surface area contributed by atoms with Crippen LogP contribution < -0.4 is 0 Å². The van der Waals surface area contributed by atoms with Crippen LogP contribution in [0.5, 0.6) is 0 Å². The molecular formula is C21H36O3. The molecule has 0 aromatic rings. The maximum atomic E-state index is 11.3. The van der Waals surface area contributed by atoms with Gasteiger partial charge in [-0.05, 0) is 93.8 Å². The van der Waals surface area contributed by atoms with Crippen molar-refractivity contribution in [1.29, 1.82) is 0 Å². The van der Waals surface area contributed by atoms with Crippen molar-refractivity contribution in [1.82, 2.24) is 0 Å². The molecule has 0 aromatic carbocycles. The summed E-state index contributed by atoms with van der Waals surface area (Å²) in [4.78, 5) is 0. The van der Waals surface area contributed by atoms with Gasteiger partial charge in [0.05, 0.1) is 17.8 Å². The molecule has 0 saturated heterocycles. The van der Waals surface area contributed by atoms with Crippen LogP contribution in [-0.4, -0.2) is 33.1 Å². The highest BCUT2D eigenvalue weighted by Gasteiger charge is 2.65. The summed E-state index contributed by atoms with van der Waals surface area (Å²) in [5.74, 6) is 2.69. The van der Waals surface area contributed by atoms with E-state index in [-0.39, 0.29) is 11.5 Å². The number of fused-ring (bicyclic) bond motifs is 5. The molecule has 0 heterocycles. The van der Waals surface area contributed by atoms with Crippen molar-refractivity contribution in [2.45, 2.75) is 96.4 Å². The topological polar surface area (TPSA) is 60.7 Å². The van der Waals surface area contributed by atoms with Crippen LogP contribution in [0.25, 0.3) is 0 Å².